The van der Waals surface area contributed by atoms with E-state index in [1.807, 2.05) is 41.1 Å². The minimum absolute atomic E-state index is 0.0422. The van der Waals surface area contributed by atoms with E-state index < -0.39 is 16.2 Å². The number of aromatic nitrogens is 3. The molecule has 1 amide bonds. The lowest BCUT2D eigenvalue weighted by atomic mass is 10.1. The van der Waals surface area contributed by atoms with Crippen LogP contribution in [0.2, 0.25) is 0 Å². The van der Waals surface area contributed by atoms with Crippen molar-refractivity contribution in [3.05, 3.63) is 66.4 Å². The summed E-state index contributed by atoms with van der Waals surface area (Å²) in [6, 6.07) is 16.3. The van der Waals surface area contributed by atoms with Gasteiger partial charge in [0.1, 0.15) is 17.5 Å². The van der Waals surface area contributed by atoms with Crippen molar-refractivity contribution in [3.63, 3.8) is 0 Å². The van der Waals surface area contributed by atoms with Gasteiger partial charge in [0.25, 0.3) is 0 Å². The number of nitrogens with zero attached hydrogens (tertiary/aromatic N) is 5. The lowest BCUT2D eigenvalue weighted by molar-refractivity contribution is -0.136. The SMILES string of the molecule is CCCCCCCCCCCCSCC(C(=O)N1CCN(CCS(=O)(=O)Oc2ccccc2)CC1)n1cc(-c2ccc(C)cc2)nn1. The molecular formula is C36H53N5O4S2. The van der Waals surface area contributed by atoms with Crippen molar-refractivity contribution in [1.82, 2.24) is 24.8 Å². The zero-order chi connectivity index (χ0) is 33.3. The Balaban J connectivity index is 1.26. The van der Waals surface area contributed by atoms with Gasteiger partial charge in [0.05, 0.1) is 11.9 Å². The van der Waals surface area contributed by atoms with Crippen LogP contribution in [0.3, 0.4) is 0 Å². The van der Waals surface area contributed by atoms with E-state index in [1.54, 1.807) is 28.9 Å². The lowest BCUT2D eigenvalue weighted by Gasteiger charge is -2.36. The fourth-order valence-corrected chi connectivity index (χ4v) is 7.80. The van der Waals surface area contributed by atoms with Crippen LogP contribution >= 0.6 is 11.8 Å². The molecular weight excluding hydrogens is 631 g/mol. The molecule has 11 heteroatoms. The number of hydrogen-bond acceptors (Lipinski definition) is 8. The van der Waals surface area contributed by atoms with E-state index in [-0.39, 0.29) is 11.7 Å². The van der Waals surface area contributed by atoms with E-state index in [9.17, 15) is 13.2 Å². The molecule has 2 heterocycles. The molecule has 1 aliphatic heterocycles. The van der Waals surface area contributed by atoms with Crippen LogP contribution in [-0.2, 0) is 14.9 Å². The first-order valence-electron chi connectivity index (χ1n) is 17.4. The van der Waals surface area contributed by atoms with Gasteiger partial charge >= 0.3 is 10.1 Å². The Bertz CT molecular complexity index is 1430. The zero-order valence-corrected chi connectivity index (χ0v) is 29.9. The monoisotopic (exact) mass is 683 g/mol. The van der Waals surface area contributed by atoms with Gasteiger partial charge in [0.15, 0.2) is 0 Å². The first kappa shape index (κ1) is 36.9. The molecule has 1 fully saturated rings. The molecule has 0 N–H and O–H groups in total. The number of hydrogen-bond donors (Lipinski definition) is 0. The first-order chi connectivity index (χ1) is 22.8. The Kier molecular flexibility index (Phi) is 15.6. The molecule has 0 bridgehead atoms. The Hall–Kier alpha value is -2.89. The maximum absolute atomic E-state index is 13.9. The summed E-state index contributed by atoms with van der Waals surface area (Å²) >= 11 is 1.82. The van der Waals surface area contributed by atoms with Gasteiger partial charge in [0, 0.05) is 44.0 Å². The molecule has 1 aliphatic rings. The van der Waals surface area contributed by atoms with Gasteiger partial charge in [-0.05, 0) is 31.2 Å². The zero-order valence-electron chi connectivity index (χ0n) is 28.3. The summed E-state index contributed by atoms with van der Waals surface area (Å²) < 4.78 is 32.0. The molecule has 4 rings (SSSR count). The topological polar surface area (TPSA) is 97.6 Å². The minimum Gasteiger partial charge on any atom is -0.382 e. The van der Waals surface area contributed by atoms with E-state index in [2.05, 4.69) is 41.2 Å². The van der Waals surface area contributed by atoms with Crippen LogP contribution in [0.1, 0.15) is 82.7 Å². The molecule has 1 atom stereocenters. The molecule has 9 nitrogen and oxygen atoms in total. The van der Waals surface area contributed by atoms with Gasteiger partial charge in [-0.3, -0.25) is 9.69 Å². The molecule has 0 aliphatic carbocycles. The Morgan fingerprint density at radius 1 is 0.872 bits per heavy atom. The number of carbonyl (C=O) groups is 1. The Morgan fingerprint density at radius 3 is 2.17 bits per heavy atom. The number of aryl methyl sites for hydroxylation is 1. The number of carbonyl (C=O) groups excluding carboxylic acids is 1. The van der Waals surface area contributed by atoms with Crippen molar-refractivity contribution in [1.29, 1.82) is 0 Å². The van der Waals surface area contributed by atoms with Crippen LogP contribution in [0.4, 0.5) is 0 Å². The number of thioether (sulfide) groups is 1. The van der Waals surface area contributed by atoms with E-state index in [0.717, 1.165) is 23.4 Å². The molecule has 0 radical (unpaired) electrons. The van der Waals surface area contributed by atoms with Gasteiger partial charge in [-0.15, -0.1) is 5.10 Å². The van der Waals surface area contributed by atoms with Crippen LogP contribution in [0, 0.1) is 6.92 Å². The lowest BCUT2D eigenvalue weighted by Crippen LogP contribution is -2.51. The molecule has 0 saturated carbocycles. The van der Waals surface area contributed by atoms with E-state index in [1.165, 1.54) is 63.4 Å². The van der Waals surface area contributed by atoms with Crippen LogP contribution in [-0.4, -0.2) is 89.1 Å². The normalized spacial score (nSPS) is 14.7. The highest BCUT2D eigenvalue weighted by atomic mass is 32.2. The summed E-state index contributed by atoms with van der Waals surface area (Å²) in [5.41, 5.74) is 2.91. The standard InChI is InChI=1S/C36H53N5O4S2/c1-3-4-5-6-7-8-9-10-11-15-27-46-30-35(41-29-34(37-38-41)32-20-18-31(2)19-21-32)36(42)40-24-22-39(23-25-40)26-28-47(43,44)45-33-16-13-12-14-17-33/h12-14,16-21,29,35H,3-11,15,22-28,30H2,1-2H3. The number of para-hydroxylation sites is 1. The largest absolute Gasteiger partial charge is 0.382 e. The van der Waals surface area contributed by atoms with Crippen molar-refractivity contribution in [3.8, 4) is 17.0 Å². The van der Waals surface area contributed by atoms with E-state index in [4.69, 9.17) is 4.18 Å². The fraction of sp³-hybridized carbons (Fsp3) is 0.583. The molecule has 2 aromatic carbocycles. The maximum Gasteiger partial charge on any atom is 0.310 e. The Labute approximate surface area is 286 Å². The summed E-state index contributed by atoms with van der Waals surface area (Å²) in [4.78, 5) is 17.9. The summed E-state index contributed by atoms with van der Waals surface area (Å²) in [6.07, 6.45) is 15.0. The number of piperazine rings is 1. The van der Waals surface area contributed by atoms with Crippen LogP contribution in [0.15, 0.2) is 60.8 Å². The molecule has 1 unspecified atom stereocenters. The van der Waals surface area contributed by atoms with E-state index in [0.29, 0.717) is 44.2 Å². The molecule has 47 heavy (non-hydrogen) atoms. The quantitative estimate of drug-likeness (QED) is 0.0875. The highest BCUT2D eigenvalue weighted by Gasteiger charge is 2.30. The second-order valence-electron chi connectivity index (χ2n) is 12.5. The number of unbranched alkanes of at least 4 members (excludes halogenated alkanes) is 9. The molecule has 3 aromatic rings. The second kappa shape index (κ2) is 19.8. The van der Waals surface area contributed by atoms with Crippen molar-refractivity contribution >= 4 is 27.8 Å². The van der Waals surface area contributed by atoms with Crippen molar-refractivity contribution in [2.24, 2.45) is 0 Å². The van der Waals surface area contributed by atoms with Crippen LogP contribution < -0.4 is 4.18 Å². The highest BCUT2D eigenvalue weighted by molar-refractivity contribution is 7.99. The minimum atomic E-state index is -3.71. The Morgan fingerprint density at radius 2 is 1.51 bits per heavy atom. The highest BCUT2D eigenvalue weighted by Crippen LogP contribution is 2.23. The van der Waals surface area contributed by atoms with Crippen molar-refractivity contribution < 1.29 is 17.4 Å². The van der Waals surface area contributed by atoms with Gasteiger partial charge in [-0.25, -0.2) is 4.68 Å². The van der Waals surface area contributed by atoms with Crippen LogP contribution in [0.25, 0.3) is 11.3 Å². The number of amides is 1. The summed E-state index contributed by atoms with van der Waals surface area (Å²) in [6.45, 7) is 6.97. The van der Waals surface area contributed by atoms with Gasteiger partial charge < -0.3 is 9.08 Å². The van der Waals surface area contributed by atoms with Crippen LogP contribution in [0.5, 0.6) is 5.75 Å². The third-order valence-corrected chi connectivity index (χ3v) is 10.9. The predicted molar refractivity (Wildman–Crippen MR) is 192 cm³/mol. The first-order valence-corrected chi connectivity index (χ1v) is 20.1. The predicted octanol–water partition coefficient (Wildman–Crippen LogP) is 7.00. The van der Waals surface area contributed by atoms with Gasteiger partial charge in [-0.2, -0.15) is 20.2 Å². The number of benzene rings is 2. The van der Waals surface area contributed by atoms with E-state index >= 15 is 0 Å². The number of rotatable bonds is 21. The molecule has 1 aromatic heterocycles. The third-order valence-electron chi connectivity index (χ3n) is 8.69. The molecule has 1 saturated heterocycles. The fourth-order valence-electron chi connectivity index (χ4n) is 5.74. The maximum atomic E-state index is 13.9. The molecule has 0 spiro atoms. The van der Waals surface area contributed by atoms with Crippen molar-refractivity contribution in [2.75, 3.05) is 50.0 Å². The van der Waals surface area contributed by atoms with Gasteiger partial charge in [0.2, 0.25) is 5.91 Å². The smallest absolute Gasteiger partial charge is 0.310 e. The summed E-state index contributed by atoms with van der Waals surface area (Å²) in [5.74, 6) is 1.92. The summed E-state index contributed by atoms with van der Waals surface area (Å²) in [7, 11) is -3.71. The third kappa shape index (κ3) is 12.9. The van der Waals surface area contributed by atoms with Gasteiger partial charge in [-0.1, -0.05) is 118 Å². The second-order valence-corrected chi connectivity index (χ2v) is 15.4. The average molecular weight is 684 g/mol. The summed E-state index contributed by atoms with van der Waals surface area (Å²) in [5, 5.41) is 8.85. The van der Waals surface area contributed by atoms with Crippen molar-refractivity contribution in [2.45, 2.75) is 84.1 Å². The molecule has 258 valence electrons. The average Bonchev–Trinajstić information content (AvgIpc) is 3.56.